The van der Waals surface area contributed by atoms with Gasteiger partial charge in [0.25, 0.3) is 0 Å². The number of pyridine rings is 1. The van der Waals surface area contributed by atoms with E-state index in [9.17, 15) is 0 Å². The third kappa shape index (κ3) is 1.93. The van der Waals surface area contributed by atoms with Gasteiger partial charge in [-0.05, 0) is 24.3 Å². The van der Waals surface area contributed by atoms with Gasteiger partial charge in [-0.15, -0.1) is 0 Å². The first kappa shape index (κ1) is 12.2. The second kappa shape index (κ2) is 4.48. The number of hydrogen-bond acceptors (Lipinski definition) is 4. The minimum absolute atomic E-state index is 0.889. The fraction of sp³-hybridized carbons (Fsp3) is 0.250. The van der Waals surface area contributed by atoms with Gasteiger partial charge >= 0.3 is 0 Å². The third-order valence-corrected chi connectivity index (χ3v) is 4.13. The predicted octanol–water partition coefficient (Wildman–Crippen LogP) is 2.51. The van der Waals surface area contributed by atoms with Crippen LogP contribution >= 0.6 is 0 Å². The molecule has 3 aromatic rings. The number of hydrogen-bond donors (Lipinski definition) is 1. The third-order valence-electron chi connectivity index (χ3n) is 4.13. The van der Waals surface area contributed by atoms with Crippen molar-refractivity contribution in [2.24, 2.45) is 0 Å². The van der Waals surface area contributed by atoms with E-state index in [0.29, 0.717) is 0 Å². The molecule has 0 saturated carbocycles. The molecule has 1 aromatic carbocycles. The van der Waals surface area contributed by atoms with E-state index in [1.54, 1.807) is 12.4 Å². The van der Waals surface area contributed by atoms with Crippen LogP contribution in [0.25, 0.3) is 22.4 Å². The van der Waals surface area contributed by atoms with Gasteiger partial charge in [0.05, 0.1) is 22.4 Å². The van der Waals surface area contributed by atoms with Gasteiger partial charge in [-0.25, -0.2) is 4.98 Å². The Kier molecular flexibility index (Phi) is 2.60. The summed E-state index contributed by atoms with van der Waals surface area (Å²) in [6, 6.07) is 8.30. The second-order valence-corrected chi connectivity index (χ2v) is 5.52. The number of rotatable bonds is 1. The summed E-state index contributed by atoms with van der Waals surface area (Å²) in [6.07, 6.45) is 3.57. The normalized spacial score (nSPS) is 14.6. The number of H-pyrrole nitrogens is 1. The lowest BCUT2D eigenvalue weighted by Gasteiger charge is -2.34. The Morgan fingerprint density at radius 2 is 1.67 bits per heavy atom. The molecule has 0 spiro atoms. The summed E-state index contributed by atoms with van der Waals surface area (Å²) in [5, 5.41) is 0. The molecular weight excluding hydrogens is 262 g/mol. The molecule has 0 saturated heterocycles. The largest absolute Gasteiger partial charge is 0.371 e. The summed E-state index contributed by atoms with van der Waals surface area (Å²) in [7, 11) is 4.27. The number of benzene rings is 1. The molecule has 0 fully saturated rings. The Hall–Kier alpha value is -2.56. The van der Waals surface area contributed by atoms with Gasteiger partial charge in [-0.2, -0.15) is 0 Å². The lowest BCUT2D eigenvalue weighted by molar-refractivity contribution is 0.799. The fourth-order valence-corrected chi connectivity index (χ4v) is 2.83. The lowest BCUT2D eigenvalue weighted by atomic mass is 10.1. The monoisotopic (exact) mass is 279 g/mol. The summed E-state index contributed by atoms with van der Waals surface area (Å²) >= 11 is 0. The smallest absolute Gasteiger partial charge is 0.138 e. The zero-order valence-electron chi connectivity index (χ0n) is 12.2. The summed E-state index contributed by atoms with van der Waals surface area (Å²) < 4.78 is 0. The Balaban J connectivity index is 1.89. The van der Waals surface area contributed by atoms with Gasteiger partial charge in [-0.3, -0.25) is 4.98 Å². The Labute approximate surface area is 123 Å². The number of likely N-dealkylation sites (N-methyl/N-ethyl adjacent to an activating group) is 2. The highest BCUT2D eigenvalue weighted by molar-refractivity contribution is 5.90. The standard InChI is InChI=1S/C16H17N5/c1-20-7-8-21(2)15-10-13-12(9-14(15)20)18-16(19-13)11-3-5-17-6-4-11/h3-6,9-10H,7-8H2,1-2H3,(H,18,19). The zero-order chi connectivity index (χ0) is 14.4. The minimum atomic E-state index is 0.889. The molecule has 1 N–H and O–H groups in total. The maximum absolute atomic E-state index is 4.72. The van der Waals surface area contributed by atoms with Crippen LogP contribution in [0.2, 0.25) is 0 Å². The Morgan fingerprint density at radius 1 is 1.00 bits per heavy atom. The van der Waals surface area contributed by atoms with Crippen LogP contribution in [-0.4, -0.2) is 42.1 Å². The van der Waals surface area contributed by atoms with Crippen molar-refractivity contribution in [3.63, 3.8) is 0 Å². The molecule has 0 unspecified atom stereocenters. The van der Waals surface area contributed by atoms with Crippen molar-refractivity contribution in [3.05, 3.63) is 36.7 Å². The van der Waals surface area contributed by atoms with Gasteiger partial charge in [0.2, 0.25) is 0 Å². The molecule has 0 radical (unpaired) electrons. The number of anilines is 2. The van der Waals surface area contributed by atoms with Crippen LogP contribution in [0.3, 0.4) is 0 Å². The van der Waals surface area contributed by atoms with Crippen molar-refractivity contribution < 1.29 is 0 Å². The van der Waals surface area contributed by atoms with Crippen LogP contribution in [0.1, 0.15) is 0 Å². The molecule has 0 aliphatic carbocycles. The van der Waals surface area contributed by atoms with E-state index in [4.69, 9.17) is 4.98 Å². The van der Waals surface area contributed by atoms with Crippen LogP contribution in [-0.2, 0) is 0 Å². The average molecular weight is 279 g/mol. The molecule has 0 bridgehead atoms. The van der Waals surface area contributed by atoms with Gasteiger partial charge in [0, 0.05) is 45.1 Å². The molecule has 1 aliphatic heterocycles. The Morgan fingerprint density at radius 3 is 2.38 bits per heavy atom. The van der Waals surface area contributed by atoms with Crippen LogP contribution in [0.5, 0.6) is 0 Å². The highest BCUT2D eigenvalue weighted by Gasteiger charge is 2.19. The van der Waals surface area contributed by atoms with E-state index in [1.807, 2.05) is 12.1 Å². The molecule has 3 heterocycles. The first-order chi connectivity index (χ1) is 10.2. The van der Waals surface area contributed by atoms with Gasteiger partial charge in [0.1, 0.15) is 5.82 Å². The van der Waals surface area contributed by atoms with Crippen molar-refractivity contribution in [2.45, 2.75) is 0 Å². The summed E-state index contributed by atoms with van der Waals surface area (Å²) in [5.74, 6) is 0.889. The van der Waals surface area contributed by atoms with Crippen molar-refractivity contribution in [1.82, 2.24) is 15.0 Å². The molecular formula is C16H17N5. The predicted molar refractivity (Wildman–Crippen MR) is 85.9 cm³/mol. The first-order valence-electron chi connectivity index (χ1n) is 7.09. The summed E-state index contributed by atoms with van der Waals surface area (Å²) in [4.78, 5) is 16.8. The molecule has 2 aromatic heterocycles. The van der Waals surface area contributed by atoms with Crippen LogP contribution in [0, 0.1) is 0 Å². The fourth-order valence-electron chi connectivity index (χ4n) is 2.83. The van der Waals surface area contributed by atoms with Crippen LogP contribution in [0.15, 0.2) is 36.7 Å². The maximum atomic E-state index is 4.72. The van der Waals surface area contributed by atoms with E-state index in [-0.39, 0.29) is 0 Å². The molecule has 106 valence electrons. The molecule has 0 amide bonds. The van der Waals surface area contributed by atoms with E-state index >= 15 is 0 Å². The number of nitrogens with one attached hydrogen (secondary N) is 1. The van der Waals surface area contributed by atoms with Gasteiger partial charge in [0.15, 0.2) is 0 Å². The molecule has 5 nitrogen and oxygen atoms in total. The summed E-state index contributed by atoms with van der Waals surface area (Å²) in [6.45, 7) is 2.08. The number of fused-ring (bicyclic) bond motifs is 2. The van der Waals surface area contributed by atoms with Crippen molar-refractivity contribution >= 4 is 22.4 Å². The lowest BCUT2D eigenvalue weighted by Crippen LogP contribution is -2.36. The molecule has 4 rings (SSSR count). The van der Waals surface area contributed by atoms with Crippen molar-refractivity contribution in [3.8, 4) is 11.4 Å². The molecule has 0 atom stereocenters. The summed E-state index contributed by atoms with van der Waals surface area (Å²) in [5.41, 5.74) is 5.62. The van der Waals surface area contributed by atoms with E-state index in [0.717, 1.165) is 35.5 Å². The molecule has 21 heavy (non-hydrogen) atoms. The number of imidazole rings is 1. The average Bonchev–Trinajstić information content (AvgIpc) is 2.94. The Bertz CT molecular complexity index is 746. The highest BCUT2D eigenvalue weighted by Crippen LogP contribution is 2.35. The SMILES string of the molecule is CN1CCN(C)c2cc3[nH]c(-c4ccncc4)nc3cc21. The second-order valence-electron chi connectivity index (χ2n) is 5.52. The number of aromatic nitrogens is 3. The van der Waals surface area contributed by atoms with Gasteiger partial charge < -0.3 is 14.8 Å². The minimum Gasteiger partial charge on any atom is -0.371 e. The van der Waals surface area contributed by atoms with E-state index in [1.165, 1.54) is 11.4 Å². The first-order valence-corrected chi connectivity index (χ1v) is 7.09. The van der Waals surface area contributed by atoms with Crippen LogP contribution in [0.4, 0.5) is 11.4 Å². The van der Waals surface area contributed by atoms with Crippen molar-refractivity contribution in [1.29, 1.82) is 0 Å². The molecule has 5 heteroatoms. The zero-order valence-corrected chi connectivity index (χ0v) is 12.2. The van der Waals surface area contributed by atoms with Crippen LogP contribution < -0.4 is 9.80 Å². The van der Waals surface area contributed by atoms with E-state index < -0.39 is 0 Å². The highest BCUT2D eigenvalue weighted by atomic mass is 15.2. The van der Waals surface area contributed by atoms with Gasteiger partial charge in [-0.1, -0.05) is 0 Å². The number of nitrogens with zero attached hydrogens (tertiary/aromatic N) is 4. The van der Waals surface area contributed by atoms with Crippen molar-refractivity contribution in [2.75, 3.05) is 37.0 Å². The maximum Gasteiger partial charge on any atom is 0.138 e. The van der Waals surface area contributed by atoms with E-state index in [2.05, 4.69) is 46.0 Å². The number of aromatic amines is 1. The quantitative estimate of drug-likeness (QED) is 0.743. The molecule has 1 aliphatic rings. The topological polar surface area (TPSA) is 48.0 Å².